The van der Waals surface area contributed by atoms with Gasteiger partial charge in [-0.3, -0.25) is 13.2 Å². The fourth-order valence-electron chi connectivity index (χ4n) is 0.655. The lowest BCUT2D eigenvalue weighted by Crippen LogP contribution is -2.00. The van der Waals surface area contributed by atoms with Gasteiger partial charge in [-0.05, 0) is 12.1 Å². The molecule has 0 N–H and O–H groups in total. The quantitative estimate of drug-likeness (QED) is 0.298. The third-order valence-corrected chi connectivity index (χ3v) is 1.00. The highest BCUT2D eigenvalue weighted by Crippen LogP contribution is 2.07. The van der Waals surface area contributed by atoms with Crippen molar-refractivity contribution in [3.05, 3.63) is 30.3 Å². The van der Waals surface area contributed by atoms with Gasteiger partial charge in [0, 0.05) is 17.3 Å². The number of carbonyl (C=O) groups excluding carboxylic acids is 1. The number of para-hydroxylation sites is 1. The molecule has 0 aliphatic heterocycles. The third-order valence-electron chi connectivity index (χ3n) is 1.00. The minimum atomic E-state index is -5.17. The monoisotopic (exact) mass is 232 g/mol. The van der Waals surface area contributed by atoms with Crippen LogP contribution < -0.4 is 4.74 Å². The average Bonchev–Trinajstić information content (AvgIpc) is 2.01. The maximum absolute atomic E-state index is 10.4. The molecular formula is C8H8O6S-2. The Morgan fingerprint density at radius 1 is 1.20 bits per heavy atom. The van der Waals surface area contributed by atoms with Crippen LogP contribution in [0.4, 0.5) is 0 Å². The van der Waals surface area contributed by atoms with E-state index < -0.39 is 10.4 Å². The number of esters is 1. The molecule has 0 unspecified atom stereocenters. The maximum atomic E-state index is 10.4. The molecule has 0 radical (unpaired) electrons. The van der Waals surface area contributed by atoms with Gasteiger partial charge in [0.2, 0.25) is 0 Å². The van der Waals surface area contributed by atoms with Crippen LogP contribution in [-0.4, -0.2) is 23.5 Å². The molecule has 0 aliphatic carbocycles. The zero-order chi connectivity index (χ0) is 11.9. The lowest BCUT2D eigenvalue weighted by molar-refractivity contribution is -0.131. The van der Waals surface area contributed by atoms with Crippen LogP contribution in [0.1, 0.15) is 6.92 Å². The first kappa shape index (κ1) is 13.6. The molecule has 0 heterocycles. The Hall–Kier alpha value is -1.44. The average molecular weight is 232 g/mol. The van der Waals surface area contributed by atoms with E-state index in [-0.39, 0.29) is 5.97 Å². The van der Waals surface area contributed by atoms with E-state index in [1.54, 1.807) is 12.1 Å². The van der Waals surface area contributed by atoms with E-state index in [0.29, 0.717) is 5.75 Å². The Labute approximate surface area is 87.1 Å². The second-order valence-corrected chi connectivity index (χ2v) is 3.13. The van der Waals surface area contributed by atoms with Gasteiger partial charge in [-0.15, -0.1) is 0 Å². The molecule has 0 saturated heterocycles. The molecule has 0 aliphatic rings. The Bertz CT molecular complexity index is 388. The molecule has 0 spiro atoms. The van der Waals surface area contributed by atoms with Crippen molar-refractivity contribution in [1.82, 2.24) is 0 Å². The summed E-state index contributed by atoms with van der Waals surface area (Å²) in [5.74, 6) is 0.307. The molecule has 1 aromatic carbocycles. The van der Waals surface area contributed by atoms with Crippen LogP contribution in [0.15, 0.2) is 30.3 Å². The van der Waals surface area contributed by atoms with Crippen molar-refractivity contribution in [1.29, 1.82) is 0 Å². The topological polar surface area (TPSA) is 107 Å². The highest BCUT2D eigenvalue weighted by molar-refractivity contribution is 7.79. The molecular weight excluding hydrogens is 224 g/mol. The summed E-state index contributed by atoms with van der Waals surface area (Å²) < 4.78 is 38.9. The van der Waals surface area contributed by atoms with Gasteiger partial charge in [0.1, 0.15) is 5.75 Å². The SMILES string of the molecule is CC(=O)Oc1ccccc1.O=S(=O)([O-])[O-]. The van der Waals surface area contributed by atoms with Crippen molar-refractivity contribution in [3.63, 3.8) is 0 Å². The molecule has 1 rings (SSSR count). The summed E-state index contributed by atoms with van der Waals surface area (Å²) in [6, 6.07) is 8.98. The summed E-state index contributed by atoms with van der Waals surface area (Å²) in [6.45, 7) is 1.38. The smallest absolute Gasteiger partial charge is 0.308 e. The molecule has 0 amide bonds. The van der Waals surface area contributed by atoms with Crippen molar-refractivity contribution >= 4 is 16.4 Å². The van der Waals surface area contributed by atoms with E-state index >= 15 is 0 Å². The molecule has 0 fully saturated rings. The van der Waals surface area contributed by atoms with Crippen molar-refractivity contribution in [2.24, 2.45) is 0 Å². The van der Waals surface area contributed by atoms with E-state index in [2.05, 4.69) is 0 Å². The van der Waals surface area contributed by atoms with Crippen LogP contribution in [0.2, 0.25) is 0 Å². The van der Waals surface area contributed by atoms with Crippen LogP contribution >= 0.6 is 0 Å². The van der Waals surface area contributed by atoms with Gasteiger partial charge >= 0.3 is 5.97 Å². The summed E-state index contributed by atoms with van der Waals surface area (Å²) in [5, 5.41) is 0. The maximum Gasteiger partial charge on any atom is 0.308 e. The third kappa shape index (κ3) is 12.6. The standard InChI is InChI=1S/C8H8O2.H2O4S/c1-7(9)10-8-5-3-2-4-6-8;1-5(2,3)4/h2-6H,1H3;(H2,1,2,3,4)/p-2. The minimum absolute atomic E-state index is 0.286. The fraction of sp³-hybridized carbons (Fsp3) is 0.125. The van der Waals surface area contributed by atoms with Gasteiger partial charge < -0.3 is 13.8 Å². The zero-order valence-electron chi connectivity index (χ0n) is 7.74. The Morgan fingerprint density at radius 3 is 1.93 bits per heavy atom. The Kier molecular flexibility index (Phi) is 5.53. The normalized spacial score (nSPS) is 9.80. The van der Waals surface area contributed by atoms with Crippen molar-refractivity contribution < 1.29 is 27.1 Å². The van der Waals surface area contributed by atoms with Crippen molar-refractivity contribution in [3.8, 4) is 5.75 Å². The molecule has 6 nitrogen and oxygen atoms in total. The van der Waals surface area contributed by atoms with Crippen LogP contribution in [0, 0.1) is 0 Å². The summed E-state index contributed by atoms with van der Waals surface area (Å²) in [5.41, 5.74) is 0. The first-order chi connectivity index (χ1) is 6.79. The van der Waals surface area contributed by atoms with Gasteiger partial charge in [-0.25, -0.2) is 0 Å². The number of rotatable bonds is 1. The molecule has 7 heteroatoms. The highest BCUT2D eigenvalue weighted by Gasteiger charge is 1.92. The molecule has 1 aromatic rings. The molecule has 15 heavy (non-hydrogen) atoms. The predicted octanol–water partition coefficient (Wildman–Crippen LogP) is 0.274. The number of ether oxygens (including phenoxy) is 1. The summed E-state index contributed by atoms with van der Waals surface area (Å²) in [6.07, 6.45) is 0. The van der Waals surface area contributed by atoms with Crippen LogP contribution in [0.3, 0.4) is 0 Å². The van der Waals surface area contributed by atoms with Crippen molar-refractivity contribution in [2.45, 2.75) is 6.92 Å². The fourth-order valence-corrected chi connectivity index (χ4v) is 0.655. The zero-order valence-corrected chi connectivity index (χ0v) is 8.56. The van der Waals surface area contributed by atoms with Crippen LogP contribution in [0.5, 0.6) is 5.75 Å². The van der Waals surface area contributed by atoms with Crippen molar-refractivity contribution in [2.75, 3.05) is 0 Å². The first-order valence-corrected chi connectivity index (χ1v) is 5.02. The number of hydrogen-bond donors (Lipinski definition) is 0. The van der Waals surface area contributed by atoms with Gasteiger partial charge in [-0.2, -0.15) is 0 Å². The number of hydrogen-bond acceptors (Lipinski definition) is 6. The molecule has 0 saturated carbocycles. The molecule has 84 valence electrons. The lowest BCUT2D eigenvalue weighted by atomic mass is 10.3. The minimum Gasteiger partial charge on any atom is -0.759 e. The Balaban J connectivity index is 0.000000336. The van der Waals surface area contributed by atoms with Gasteiger partial charge in [-0.1, -0.05) is 18.2 Å². The van der Waals surface area contributed by atoms with Crippen LogP contribution in [0.25, 0.3) is 0 Å². The summed E-state index contributed by atoms with van der Waals surface area (Å²) in [7, 11) is -5.17. The highest BCUT2D eigenvalue weighted by atomic mass is 32.3. The van der Waals surface area contributed by atoms with E-state index in [9.17, 15) is 4.79 Å². The first-order valence-electron chi connectivity index (χ1n) is 3.69. The van der Waals surface area contributed by atoms with E-state index in [4.69, 9.17) is 22.3 Å². The molecule has 0 atom stereocenters. The predicted molar refractivity (Wildman–Crippen MR) is 48.2 cm³/mol. The second-order valence-electron chi connectivity index (χ2n) is 2.31. The largest absolute Gasteiger partial charge is 0.759 e. The van der Waals surface area contributed by atoms with Gasteiger partial charge in [0.05, 0.1) is 0 Å². The van der Waals surface area contributed by atoms with E-state index in [0.717, 1.165) is 0 Å². The van der Waals surface area contributed by atoms with Crippen LogP contribution in [-0.2, 0) is 15.2 Å². The second kappa shape index (κ2) is 6.12. The lowest BCUT2D eigenvalue weighted by Gasteiger charge is -2.06. The number of carbonyl (C=O) groups is 1. The van der Waals surface area contributed by atoms with Gasteiger partial charge in [0.15, 0.2) is 0 Å². The summed E-state index contributed by atoms with van der Waals surface area (Å²) in [4.78, 5) is 10.4. The van der Waals surface area contributed by atoms with E-state index in [1.807, 2.05) is 18.2 Å². The van der Waals surface area contributed by atoms with E-state index in [1.165, 1.54) is 6.92 Å². The Morgan fingerprint density at radius 2 is 1.60 bits per heavy atom. The molecule has 0 aromatic heterocycles. The molecule has 0 bridgehead atoms. The summed E-state index contributed by atoms with van der Waals surface area (Å²) >= 11 is 0. The number of benzene rings is 1. The van der Waals surface area contributed by atoms with Gasteiger partial charge in [0.25, 0.3) is 0 Å².